The van der Waals surface area contributed by atoms with E-state index < -0.39 is 34.6 Å². The van der Waals surface area contributed by atoms with E-state index in [4.69, 9.17) is 21.1 Å². The van der Waals surface area contributed by atoms with Crippen molar-refractivity contribution in [1.82, 2.24) is 9.62 Å². The third kappa shape index (κ3) is 7.91. The highest BCUT2D eigenvalue weighted by Gasteiger charge is 2.33. The van der Waals surface area contributed by atoms with E-state index in [0.717, 1.165) is 37.7 Å². The minimum atomic E-state index is -3.90. The summed E-state index contributed by atoms with van der Waals surface area (Å²) in [5.74, 6) is 0.222. The zero-order chi connectivity index (χ0) is 26.3. The van der Waals surface area contributed by atoms with Gasteiger partial charge in [0.1, 0.15) is 0 Å². The number of carbonyl (C=O) groups excluding carboxylic acids is 1. The van der Waals surface area contributed by atoms with Crippen molar-refractivity contribution in [2.75, 3.05) is 19.7 Å². The maximum absolute atomic E-state index is 13.6. The molecule has 0 aromatic heterocycles. The molecule has 2 aliphatic rings. The molecule has 0 bridgehead atoms. The van der Waals surface area contributed by atoms with Crippen molar-refractivity contribution in [2.24, 2.45) is 5.92 Å². The number of ether oxygens (including phenoxy) is 2. The number of alkyl carbamates (subject to hydrolysis) is 1. The number of aliphatic hydroxyl groups is 1. The molecule has 0 radical (unpaired) electrons. The van der Waals surface area contributed by atoms with Crippen LogP contribution >= 0.6 is 11.6 Å². The molecule has 1 amide bonds. The summed E-state index contributed by atoms with van der Waals surface area (Å²) >= 11 is 5.98. The Balaban J connectivity index is 1.53. The van der Waals surface area contributed by atoms with Gasteiger partial charge in [-0.3, -0.25) is 0 Å². The van der Waals surface area contributed by atoms with Gasteiger partial charge >= 0.3 is 6.09 Å². The Morgan fingerprint density at radius 1 is 1.08 bits per heavy atom. The topological polar surface area (TPSA) is 105 Å². The largest absolute Gasteiger partial charge is 0.420 e. The van der Waals surface area contributed by atoms with Gasteiger partial charge in [0.2, 0.25) is 16.3 Å². The zero-order valence-electron chi connectivity index (χ0n) is 20.8. The van der Waals surface area contributed by atoms with Gasteiger partial charge < -0.3 is 19.9 Å². The lowest BCUT2D eigenvalue weighted by atomic mass is 10.0. The third-order valence-electron chi connectivity index (χ3n) is 6.97. The molecule has 1 aliphatic heterocycles. The Hall–Kier alpha value is -2.17. The number of hydrogen-bond acceptors (Lipinski definition) is 6. The molecule has 2 aromatic rings. The van der Waals surface area contributed by atoms with Gasteiger partial charge in [0, 0.05) is 24.5 Å². The number of nitrogens with one attached hydrogen (secondary N) is 1. The van der Waals surface area contributed by atoms with Gasteiger partial charge in [-0.05, 0) is 61.4 Å². The number of rotatable bonds is 11. The van der Waals surface area contributed by atoms with Crippen LogP contribution in [0.4, 0.5) is 4.79 Å². The number of amides is 1. The van der Waals surface area contributed by atoms with Crippen LogP contribution in [0.1, 0.15) is 44.1 Å². The minimum absolute atomic E-state index is 0.118. The first kappa shape index (κ1) is 27.9. The summed E-state index contributed by atoms with van der Waals surface area (Å²) in [6.07, 6.45) is 3.27. The molecule has 3 atom stereocenters. The van der Waals surface area contributed by atoms with Crippen molar-refractivity contribution in [1.29, 1.82) is 0 Å². The maximum atomic E-state index is 13.6. The Kier molecular flexibility index (Phi) is 9.83. The van der Waals surface area contributed by atoms with Gasteiger partial charge in [-0.25, -0.2) is 13.2 Å². The highest BCUT2D eigenvalue weighted by Crippen LogP contribution is 2.28. The van der Waals surface area contributed by atoms with E-state index in [0.29, 0.717) is 31.0 Å². The van der Waals surface area contributed by atoms with Crippen molar-refractivity contribution >= 4 is 27.7 Å². The molecule has 1 saturated heterocycles. The lowest BCUT2D eigenvalue weighted by Crippen LogP contribution is -2.51. The van der Waals surface area contributed by atoms with E-state index in [-0.39, 0.29) is 17.4 Å². The molecule has 202 valence electrons. The van der Waals surface area contributed by atoms with E-state index in [9.17, 15) is 18.3 Å². The fourth-order valence-corrected chi connectivity index (χ4v) is 6.60. The first-order valence-corrected chi connectivity index (χ1v) is 14.7. The Bertz CT molecular complexity index is 1100. The van der Waals surface area contributed by atoms with E-state index in [1.807, 2.05) is 30.3 Å². The molecule has 1 saturated carbocycles. The number of benzene rings is 2. The average molecular weight is 551 g/mol. The number of halogens is 1. The van der Waals surface area contributed by atoms with Crippen LogP contribution in [0.2, 0.25) is 5.02 Å². The summed E-state index contributed by atoms with van der Waals surface area (Å²) in [4.78, 5) is 12.8. The van der Waals surface area contributed by atoms with Crippen LogP contribution in [0.5, 0.6) is 0 Å². The second-order valence-corrected chi connectivity index (χ2v) is 12.2. The first-order chi connectivity index (χ1) is 17.8. The van der Waals surface area contributed by atoms with Crippen molar-refractivity contribution in [3.8, 4) is 0 Å². The van der Waals surface area contributed by atoms with E-state index in [1.165, 1.54) is 16.4 Å². The Morgan fingerprint density at radius 2 is 1.78 bits per heavy atom. The summed E-state index contributed by atoms with van der Waals surface area (Å²) < 4.78 is 39.4. The van der Waals surface area contributed by atoms with Crippen molar-refractivity contribution in [2.45, 2.75) is 68.3 Å². The number of nitrogens with zero attached hydrogens (tertiary/aromatic N) is 1. The molecular formula is C27H35ClN2O6S. The predicted molar refractivity (Wildman–Crippen MR) is 141 cm³/mol. The summed E-state index contributed by atoms with van der Waals surface area (Å²) in [5, 5.41) is 14.6. The van der Waals surface area contributed by atoms with Gasteiger partial charge in [0.05, 0.1) is 23.6 Å². The maximum Gasteiger partial charge on any atom is 0.409 e. The number of hydrogen-bond donors (Lipinski definition) is 2. The molecule has 1 aliphatic carbocycles. The van der Waals surface area contributed by atoms with Crippen LogP contribution < -0.4 is 5.32 Å². The zero-order valence-corrected chi connectivity index (χ0v) is 22.4. The fourth-order valence-electron chi connectivity index (χ4n) is 4.94. The number of carbonyl (C=O) groups is 1. The van der Waals surface area contributed by atoms with Crippen LogP contribution in [0.3, 0.4) is 0 Å². The van der Waals surface area contributed by atoms with Crippen molar-refractivity contribution in [3.05, 3.63) is 65.2 Å². The van der Waals surface area contributed by atoms with E-state index in [2.05, 4.69) is 5.32 Å². The third-order valence-corrected chi connectivity index (χ3v) is 9.07. The molecule has 2 aromatic carbocycles. The molecule has 1 heterocycles. The Labute approximate surface area is 224 Å². The lowest BCUT2D eigenvalue weighted by Gasteiger charge is -2.31. The highest BCUT2D eigenvalue weighted by molar-refractivity contribution is 7.89. The standard InChI is InChI=1S/C27H35ClN2O6S/c28-22-12-14-23(15-13-22)37(33,34)30(18-21-9-4-5-10-21)19-25(31)24(17-20-7-2-1-3-8-20)29-27(32)36-26-11-6-16-35-26/h1-3,7-8,12-15,21,24-26,31H,4-6,9-11,16-19H2,(H,29,32)/t24-,25-,26-/m0/s1. The van der Waals surface area contributed by atoms with Crippen LogP contribution in [-0.4, -0.2) is 62.1 Å². The molecule has 10 heteroatoms. The molecule has 4 rings (SSSR count). The quantitative estimate of drug-likeness (QED) is 0.431. The molecular weight excluding hydrogens is 516 g/mol. The number of sulfonamides is 1. The SMILES string of the molecule is O=C(N[C@@H](Cc1ccccc1)[C@@H](O)CN(CC1CCCC1)S(=O)(=O)c1ccc(Cl)cc1)O[C@H]1CCCO1. The molecule has 8 nitrogen and oxygen atoms in total. The van der Waals surface area contributed by atoms with Crippen LogP contribution in [0.15, 0.2) is 59.5 Å². The second-order valence-electron chi connectivity index (χ2n) is 9.78. The van der Waals surface area contributed by atoms with Gasteiger partial charge in [0.25, 0.3) is 0 Å². The predicted octanol–water partition coefficient (Wildman–Crippen LogP) is 4.36. The second kappa shape index (κ2) is 13.1. The molecule has 2 N–H and O–H groups in total. The smallest absolute Gasteiger partial charge is 0.409 e. The number of aliphatic hydroxyl groups excluding tert-OH is 1. The van der Waals surface area contributed by atoms with Gasteiger partial charge in [-0.1, -0.05) is 54.8 Å². The van der Waals surface area contributed by atoms with Gasteiger partial charge in [-0.15, -0.1) is 0 Å². The van der Waals surface area contributed by atoms with E-state index >= 15 is 0 Å². The summed E-state index contributed by atoms with van der Waals surface area (Å²) in [7, 11) is -3.90. The molecule has 0 spiro atoms. The lowest BCUT2D eigenvalue weighted by molar-refractivity contribution is -0.0698. The van der Waals surface area contributed by atoms with Crippen LogP contribution in [-0.2, 0) is 25.9 Å². The average Bonchev–Trinajstić information content (AvgIpc) is 3.58. The van der Waals surface area contributed by atoms with Crippen molar-refractivity contribution < 1.29 is 27.8 Å². The summed E-state index contributed by atoms with van der Waals surface area (Å²) in [5.41, 5.74) is 0.895. The molecule has 2 fully saturated rings. The Morgan fingerprint density at radius 3 is 2.43 bits per heavy atom. The van der Waals surface area contributed by atoms with Gasteiger partial charge in [0.15, 0.2) is 0 Å². The van der Waals surface area contributed by atoms with Crippen LogP contribution in [0.25, 0.3) is 0 Å². The summed E-state index contributed by atoms with van der Waals surface area (Å²) in [6, 6.07) is 14.7. The van der Waals surface area contributed by atoms with Crippen molar-refractivity contribution in [3.63, 3.8) is 0 Å². The van der Waals surface area contributed by atoms with Gasteiger partial charge in [-0.2, -0.15) is 4.31 Å². The fraction of sp³-hybridized carbons (Fsp3) is 0.519. The first-order valence-electron chi connectivity index (χ1n) is 12.9. The monoisotopic (exact) mass is 550 g/mol. The molecule has 0 unspecified atom stereocenters. The normalized spacial score (nSPS) is 20.1. The summed E-state index contributed by atoms with van der Waals surface area (Å²) in [6.45, 7) is 0.673. The highest BCUT2D eigenvalue weighted by atomic mass is 35.5. The minimum Gasteiger partial charge on any atom is -0.420 e. The molecule has 37 heavy (non-hydrogen) atoms. The van der Waals surface area contributed by atoms with E-state index in [1.54, 1.807) is 12.1 Å². The van der Waals surface area contributed by atoms with Crippen LogP contribution in [0, 0.1) is 5.92 Å².